The average molecular weight is 454 g/mol. The van der Waals surface area contributed by atoms with Crippen LogP contribution in [0, 0.1) is 12.8 Å². The quantitative estimate of drug-likeness (QED) is 0.671. The molecule has 33 heavy (non-hydrogen) atoms. The standard InChI is InChI=1S/C25H29F2N5O/c1-4-19(21(27)7-10-26)16(2)24(33)32-13-9-25(15-32)8-6-18-14-20(17(3)30-22(18)31-25)23-28-11-5-12-29-23/h4-5,7,11-12,14,16H,6,8-10,13,15H2,1-3H3,(H,30,31)/b19-4-,21-7+/t16-,25-/m0/s1. The van der Waals surface area contributed by atoms with E-state index in [9.17, 15) is 13.6 Å². The van der Waals surface area contributed by atoms with E-state index in [0.29, 0.717) is 18.9 Å². The first kappa shape index (κ1) is 23.0. The zero-order chi connectivity index (χ0) is 23.6. The number of likely N-dealkylation sites (tertiary alicyclic amines) is 1. The van der Waals surface area contributed by atoms with Gasteiger partial charge >= 0.3 is 0 Å². The lowest BCUT2D eigenvalue weighted by Crippen LogP contribution is -2.46. The molecule has 4 rings (SSSR count). The van der Waals surface area contributed by atoms with Gasteiger partial charge in [0.25, 0.3) is 0 Å². The number of halogens is 2. The fourth-order valence-electron chi connectivity index (χ4n) is 4.85. The van der Waals surface area contributed by atoms with E-state index in [1.807, 2.05) is 6.92 Å². The summed E-state index contributed by atoms with van der Waals surface area (Å²) in [5.74, 6) is 0.0172. The summed E-state index contributed by atoms with van der Waals surface area (Å²) in [5, 5.41) is 3.61. The van der Waals surface area contributed by atoms with E-state index in [-0.39, 0.29) is 17.0 Å². The Labute approximate surface area is 192 Å². The molecular weight excluding hydrogens is 424 g/mol. The number of hydrogen-bond donors (Lipinski definition) is 1. The second kappa shape index (κ2) is 9.37. The van der Waals surface area contributed by atoms with E-state index < -0.39 is 18.4 Å². The van der Waals surface area contributed by atoms with Crippen LogP contribution in [0.25, 0.3) is 11.4 Å². The van der Waals surface area contributed by atoms with Crippen molar-refractivity contribution in [3.8, 4) is 11.4 Å². The molecular formula is C25H29F2N5O. The molecule has 2 aliphatic heterocycles. The molecule has 174 valence electrons. The molecule has 2 aromatic rings. The molecule has 6 nitrogen and oxygen atoms in total. The van der Waals surface area contributed by atoms with Crippen molar-refractivity contribution in [3.63, 3.8) is 0 Å². The van der Waals surface area contributed by atoms with Crippen molar-refractivity contribution in [2.24, 2.45) is 5.92 Å². The number of fused-ring (bicyclic) bond motifs is 1. The van der Waals surface area contributed by atoms with Crippen molar-refractivity contribution in [1.82, 2.24) is 19.9 Å². The molecule has 0 aromatic carbocycles. The van der Waals surface area contributed by atoms with Gasteiger partial charge in [0.05, 0.1) is 17.2 Å². The minimum absolute atomic E-state index is 0.143. The number of alkyl halides is 1. The molecule has 0 bridgehead atoms. The largest absolute Gasteiger partial charge is 0.363 e. The number of rotatable bonds is 5. The molecule has 2 atom stereocenters. The van der Waals surface area contributed by atoms with Crippen molar-refractivity contribution >= 4 is 11.7 Å². The summed E-state index contributed by atoms with van der Waals surface area (Å²) in [6.07, 6.45) is 8.35. The van der Waals surface area contributed by atoms with Gasteiger partial charge in [-0.3, -0.25) is 4.79 Å². The minimum Gasteiger partial charge on any atom is -0.363 e. The summed E-state index contributed by atoms with van der Waals surface area (Å²) < 4.78 is 26.8. The van der Waals surface area contributed by atoms with Crippen LogP contribution >= 0.6 is 0 Å². The smallest absolute Gasteiger partial charge is 0.230 e. The van der Waals surface area contributed by atoms with Gasteiger partial charge in [-0.15, -0.1) is 0 Å². The van der Waals surface area contributed by atoms with E-state index in [1.54, 1.807) is 43.3 Å². The van der Waals surface area contributed by atoms with Gasteiger partial charge in [0.2, 0.25) is 5.91 Å². The molecule has 4 heterocycles. The fraction of sp³-hybridized carbons (Fsp3) is 0.440. The maximum atomic E-state index is 14.2. The Hall–Kier alpha value is -3.16. The number of hydrogen-bond acceptors (Lipinski definition) is 5. The number of carbonyl (C=O) groups is 1. The van der Waals surface area contributed by atoms with Gasteiger partial charge in [-0.2, -0.15) is 0 Å². The summed E-state index contributed by atoms with van der Waals surface area (Å²) in [7, 11) is 0. The second-order valence-electron chi connectivity index (χ2n) is 8.79. The minimum atomic E-state index is -0.898. The third-order valence-electron chi connectivity index (χ3n) is 6.70. The summed E-state index contributed by atoms with van der Waals surface area (Å²) >= 11 is 0. The predicted octanol–water partition coefficient (Wildman–Crippen LogP) is 4.58. The van der Waals surface area contributed by atoms with Crippen molar-refractivity contribution in [3.05, 3.63) is 59.3 Å². The highest BCUT2D eigenvalue weighted by Gasteiger charge is 2.43. The number of aromatic nitrogens is 3. The number of anilines is 1. The number of pyridine rings is 1. The molecule has 8 heteroatoms. The van der Waals surface area contributed by atoms with Crippen molar-refractivity contribution < 1.29 is 13.6 Å². The Morgan fingerprint density at radius 2 is 2.09 bits per heavy atom. The summed E-state index contributed by atoms with van der Waals surface area (Å²) in [6.45, 7) is 5.51. The molecule has 0 aliphatic carbocycles. The van der Waals surface area contributed by atoms with Crippen LogP contribution in [0.1, 0.15) is 37.9 Å². The third kappa shape index (κ3) is 4.51. The number of amides is 1. The third-order valence-corrected chi connectivity index (χ3v) is 6.70. The molecule has 1 saturated heterocycles. The second-order valence-corrected chi connectivity index (χ2v) is 8.79. The number of carbonyl (C=O) groups excluding carboxylic acids is 1. The maximum absolute atomic E-state index is 14.2. The molecule has 0 saturated carbocycles. The number of aryl methyl sites for hydroxylation is 2. The van der Waals surface area contributed by atoms with Gasteiger partial charge in [0.15, 0.2) is 5.82 Å². The van der Waals surface area contributed by atoms with E-state index in [2.05, 4.69) is 21.4 Å². The van der Waals surface area contributed by atoms with Gasteiger partial charge in [-0.1, -0.05) is 6.08 Å². The van der Waals surface area contributed by atoms with Gasteiger partial charge in [0.1, 0.15) is 18.3 Å². The summed E-state index contributed by atoms with van der Waals surface area (Å²) in [4.78, 5) is 28.4. The number of nitrogens with one attached hydrogen (secondary N) is 1. The number of nitrogens with zero attached hydrogens (tertiary/aromatic N) is 4. The average Bonchev–Trinajstić information content (AvgIpc) is 3.22. The Bertz CT molecular complexity index is 1100. The lowest BCUT2D eigenvalue weighted by Gasteiger charge is -2.36. The predicted molar refractivity (Wildman–Crippen MR) is 124 cm³/mol. The molecule has 2 aromatic heterocycles. The Balaban J connectivity index is 1.50. The maximum Gasteiger partial charge on any atom is 0.230 e. The first-order valence-electron chi connectivity index (χ1n) is 11.3. The topological polar surface area (TPSA) is 71.0 Å². The first-order chi connectivity index (χ1) is 15.9. The van der Waals surface area contributed by atoms with Gasteiger partial charge in [-0.25, -0.2) is 23.7 Å². The van der Waals surface area contributed by atoms with Crippen LogP contribution in [0.2, 0.25) is 0 Å². The van der Waals surface area contributed by atoms with E-state index in [1.165, 1.54) is 0 Å². The van der Waals surface area contributed by atoms with Gasteiger partial charge in [-0.05, 0) is 69.4 Å². The van der Waals surface area contributed by atoms with E-state index >= 15 is 0 Å². The van der Waals surface area contributed by atoms with Crippen molar-refractivity contribution in [1.29, 1.82) is 0 Å². The molecule has 0 unspecified atom stereocenters. The van der Waals surface area contributed by atoms with Crippen LogP contribution in [-0.4, -0.2) is 51.1 Å². The highest BCUT2D eigenvalue weighted by atomic mass is 19.1. The summed E-state index contributed by atoms with van der Waals surface area (Å²) in [6, 6.07) is 3.89. The zero-order valence-corrected chi connectivity index (χ0v) is 19.2. The fourth-order valence-corrected chi connectivity index (χ4v) is 4.85. The van der Waals surface area contributed by atoms with Crippen molar-refractivity contribution in [2.75, 3.05) is 25.1 Å². The van der Waals surface area contributed by atoms with Crippen LogP contribution in [0.4, 0.5) is 14.6 Å². The molecule has 1 fully saturated rings. The molecule has 2 aliphatic rings. The van der Waals surface area contributed by atoms with Crippen molar-refractivity contribution in [2.45, 2.75) is 45.6 Å². The van der Waals surface area contributed by atoms with Gasteiger partial charge < -0.3 is 10.2 Å². The lowest BCUT2D eigenvalue weighted by molar-refractivity contribution is -0.132. The molecule has 0 radical (unpaired) electrons. The Morgan fingerprint density at radius 3 is 2.79 bits per heavy atom. The highest BCUT2D eigenvalue weighted by molar-refractivity contribution is 5.83. The first-order valence-corrected chi connectivity index (χ1v) is 11.3. The van der Waals surface area contributed by atoms with Crippen LogP contribution < -0.4 is 5.32 Å². The van der Waals surface area contributed by atoms with Crippen LogP contribution in [-0.2, 0) is 11.2 Å². The van der Waals surface area contributed by atoms with Crippen LogP contribution in [0.15, 0.2) is 48.1 Å². The van der Waals surface area contributed by atoms with E-state index in [0.717, 1.165) is 48.0 Å². The van der Waals surface area contributed by atoms with Crippen LogP contribution in [0.3, 0.4) is 0 Å². The molecule has 1 amide bonds. The highest BCUT2D eigenvalue weighted by Crippen LogP contribution is 2.38. The number of allylic oxidation sites excluding steroid dienone is 3. The molecule has 1 N–H and O–H groups in total. The zero-order valence-electron chi connectivity index (χ0n) is 19.2. The SMILES string of the molecule is C/C=C(\C(F)=C/CF)[C@H](C)C(=O)N1CC[C@@]2(CCc3cc(-c4ncccn4)c(C)nc3N2)C1. The monoisotopic (exact) mass is 453 g/mol. The van der Waals surface area contributed by atoms with Gasteiger partial charge in [0, 0.05) is 31.0 Å². The normalized spacial score (nSPS) is 21.7. The lowest BCUT2D eigenvalue weighted by atomic mass is 9.86. The Kier molecular flexibility index (Phi) is 6.54. The Morgan fingerprint density at radius 1 is 1.33 bits per heavy atom. The molecule has 1 spiro atoms. The van der Waals surface area contributed by atoms with E-state index in [4.69, 9.17) is 4.98 Å². The summed E-state index contributed by atoms with van der Waals surface area (Å²) in [5.41, 5.74) is 2.86. The van der Waals surface area contributed by atoms with Crippen LogP contribution in [0.5, 0.6) is 0 Å².